The highest BCUT2D eigenvalue weighted by Crippen LogP contribution is 2.47. The first-order valence-corrected chi connectivity index (χ1v) is 10.9. The number of hydrogen-bond donors (Lipinski definition) is 0. The van der Waals surface area contributed by atoms with Crippen LogP contribution in [0, 0.1) is 47.3 Å². The lowest BCUT2D eigenvalue weighted by Crippen LogP contribution is -2.33. The fraction of sp³-hybridized carbons (Fsp3) is 0.957. The van der Waals surface area contributed by atoms with E-state index >= 15 is 0 Å². The molecule has 0 aliphatic heterocycles. The standard InChI is InChI=1S/C23H41/c1-16-5-7-20(8-6-16)15-21-9-11-22(12-10-21)23-13-17(2)19(4)18(3)14-23/h16-19,21-23H,5-15H2,1-4H3. The molecule has 3 rings (SSSR count). The molecule has 133 valence electrons. The first-order chi connectivity index (χ1) is 11.0. The van der Waals surface area contributed by atoms with Gasteiger partial charge in [0.15, 0.2) is 0 Å². The third-order valence-corrected chi connectivity index (χ3v) is 8.26. The summed E-state index contributed by atoms with van der Waals surface area (Å²) in [6.07, 6.45) is 16.6. The second kappa shape index (κ2) is 7.92. The second-order valence-corrected chi connectivity index (χ2v) is 9.96. The quantitative estimate of drug-likeness (QED) is 0.513. The van der Waals surface area contributed by atoms with Crippen LogP contribution in [0.2, 0.25) is 0 Å². The highest BCUT2D eigenvalue weighted by Gasteiger charge is 2.36. The molecule has 0 bridgehead atoms. The minimum Gasteiger partial charge on any atom is -0.0625 e. The molecule has 3 aliphatic rings. The van der Waals surface area contributed by atoms with Gasteiger partial charge in [-0.1, -0.05) is 53.4 Å². The van der Waals surface area contributed by atoms with E-state index in [1.165, 1.54) is 44.9 Å². The molecule has 3 fully saturated rings. The second-order valence-electron chi connectivity index (χ2n) is 9.96. The fourth-order valence-corrected chi connectivity index (χ4v) is 6.07. The predicted octanol–water partition coefficient (Wildman–Crippen LogP) is 7.29. The molecule has 0 spiro atoms. The summed E-state index contributed by atoms with van der Waals surface area (Å²) in [6.45, 7) is 9.96. The van der Waals surface area contributed by atoms with E-state index in [4.69, 9.17) is 0 Å². The summed E-state index contributed by atoms with van der Waals surface area (Å²) >= 11 is 0. The molecule has 0 heterocycles. The zero-order valence-electron chi connectivity index (χ0n) is 16.3. The van der Waals surface area contributed by atoms with Crippen LogP contribution >= 0.6 is 0 Å². The van der Waals surface area contributed by atoms with Gasteiger partial charge in [0, 0.05) is 0 Å². The zero-order chi connectivity index (χ0) is 16.4. The smallest absolute Gasteiger partial charge is 0.0238 e. The summed E-state index contributed by atoms with van der Waals surface area (Å²) in [4.78, 5) is 0. The van der Waals surface area contributed by atoms with Gasteiger partial charge in [0.1, 0.15) is 0 Å². The van der Waals surface area contributed by atoms with Crippen molar-refractivity contribution in [3.8, 4) is 0 Å². The van der Waals surface area contributed by atoms with Crippen LogP contribution in [0.25, 0.3) is 0 Å². The van der Waals surface area contributed by atoms with Crippen LogP contribution in [0.5, 0.6) is 0 Å². The van der Waals surface area contributed by atoms with Crippen LogP contribution in [0.1, 0.15) is 98.3 Å². The van der Waals surface area contributed by atoms with E-state index in [9.17, 15) is 0 Å². The predicted molar refractivity (Wildman–Crippen MR) is 101 cm³/mol. The maximum Gasteiger partial charge on any atom is -0.0238 e. The lowest BCUT2D eigenvalue weighted by molar-refractivity contribution is 0.0779. The molecule has 0 aromatic heterocycles. The van der Waals surface area contributed by atoms with Crippen molar-refractivity contribution in [2.24, 2.45) is 41.4 Å². The van der Waals surface area contributed by atoms with Crippen molar-refractivity contribution in [3.63, 3.8) is 0 Å². The maximum atomic E-state index is 2.51. The number of hydrogen-bond acceptors (Lipinski definition) is 0. The Balaban J connectivity index is 1.42. The van der Waals surface area contributed by atoms with Gasteiger partial charge < -0.3 is 0 Å². The summed E-state index contributed by atoms with van der Waals surface area (Å²) in [5, 5.41) is 0. The van der Waals surface area contributed by atoms with E-state index in [0.717, 1.165) is 41.4 Å². The molecule has 1 radical (unpaired) electrons. The highest BCUT2D eigenvalue weighted by atomic mass is 14.4. The van der Waals surface area contributed by atoms with Gasteiger partial charge in [0.05, 0.1) is 0 Å². The summed E-state index contributed by atoms with van der Waals surface area (Å²) in [5.41, 5.74) is 0. The summed E-state index contributed by atoms with van der Waals surface area (Å²) in [5.74, 6) is 8.97. The molecule has 0 aromatic carbocycles. The summed E-state index contributed by atoms with van der Waals surface area (Å²) in [6, 6.07) is 0. The van der Waals surface area contributed by atoms with Gasteiger partial charge in [0.25, 0.3) is 0 Å². The van der Waals surface area contributed by atoms with E-state index in [1.807, 2.05) is 5.92 Å². The molecular weight excluding hydrogens is 276 g/mol. The van der Waals surface area contributed by atoms with Crippen LogP contribution in [0.4, 0.5) is 0 Å². The summed E-state index contributed by atoms with van der Waals surface area (Å²) < 4.78 is 0. The normalized spacial score (nSPS) is 44.3. The van der Waals surface area contributed by atoms with Crippen molar-refractivity contribution in [1.29, 1.82) is 0 Å². The van der Waals surface area contributed by atoms with Crippen LogP contribution in [0.3, 0.4) is 0 Å². The van der Waals surface area contributed by atoms with Crippen molar-refractivity contribution >= 4 is 0 Å². The van der Waals surface area contributed by atoms with Gasteiger partial charge in [0.2, 0.25) is 0 Å². The van der Waals surface area contributed by atoms with Crippen molar-refractivity contribution < 1.29 is 0 Å². The molecule has 0 amide bonds. The van der Waals surface area contributed by atoms with Gasteiger partial charge in [-0.15, -0.1) is 0 Å². The van der Waals surface area contributed by atoms with E-state index in [-0.39, 0.29) is 0 Å². The van der Waals surface area contributed by atoms with Crippen molar-refractivity contribution in [1.82, 2.24) is 0 Å². The minimum atomic E-state index is 0.952. The molecule has 0 saturated heterocycles. The first-order valence-electron chi connectivity index (χ1n) is 10.9. The largest absolute Gasteiger partial charge is 0.0625 e. The lowest BCUT2D eigenvalue weighted by Gasteiger charge is -2.43. The zero-order valence-corrected chi connectivity index (χ0v) is 16.3. The molecular formula is C23H41. The van der Waals surface area contributed by atoms with Crippen molar-refractivity contribution in [2.75, 3.05) is 0 Å². The van der Waals surface area contributed by atoms with Crippen LogP contribution in [-0.2, 0) is 0 Å². The Morgan fingerprint density at radius 2 is 1.26 bits per heavy atom. The molecule has 0 nitrogen and oxygen atoms in total. The van der Waals surface area contributed by atoms with Crippen molar-refractivity contribution in [2.45, 2.75) is 98.3 Å². The Labute approximate surface area is 146 Å². The average Bonchev–Trinajstić information content (AvgIpc) is 2.55. The Morgan fingerprint density at radius 3 is 1.83 bits per heavy atom. The molecule has 3 saturated carbocycles. The van der Waals surface area contributed by atoms with Gasteiger partial charge in [-0.05, 0) is 92.3 Å². The van der Waals surface area contributed by atoms with Gasteiger partial charge in [-0.3, -0.25) is 0 Å². The topological polar surface area (TPSA) is 0 Å². The number of rotatable bonds is 3. The monoisotopic (exact) mass is 317 g/mol. The molecule has 0 N–H and O–H groups in total. The molecule has 0 aromatic rings. The van der Waals surface area contributed by atoms with E-state index in [2.05, 4.69) is 27.7 Å². The molecule has 2 unspecified atom stereocenters. The molecule has 23 heavy (non-hydrogen) atoms. The van der Waals surface area contributed by atoms with Crippen LogP contribution in [-0.4, -0.2) is 0 Å². The van der Waals surface area contributed by atoms with Crippen LogP contribution < -0.4 is 0 Å². The third kappa shape index (κ3) is 4.55. The lowest BCUT2D eigenvalue weighted by atomic mass is 9.62. The van der Waals surface area contributed by atoms with E-state index in [0.29, 0.717) is 0 Å². The maximum absolute atomic E-state index is 2.51. The first kappa shape index (κ1) is 17.8. The third-order valence-electron chi connectivity index (χ3n) is 8.26. The summed E-state index contributed by atoms with van der Waals surface area (Å²) in [7, 11) is 0. The molecule has 3 aliphatic carbocycles. The van der Waals surface area contributed by atoms with Gasteiger partial charge in [-0.2, -0.15) is 0 Å². The average molecular weight is 318 g/mol. The Hall–Kier alpha value is 0. The van der Waals surface area contributed by atoms with E-state index in [1.54, 1.807) is 25.7 Å². The fourth-order valence-electron chi connectivity index (χ4n) is 6.07. The van der Waals surface area contributed by atoms with Gasteiger partial charge >= 0.3 is 0 Å². The SMILES string of the molecule is CC1CC[C](CC2CCC(C3CC(C)C(C)C(C)C3)CC2)CC1. The minimum absolute atomic E-state index is 0.952. The van der Waals surface area contributed by atoms with E-state index < -0.39 is 0 Å². The Kier molecular flexibility index (Phi) is 6.13. The molecule has 2 atom stereocenters. The van der Waals surface area contributed by atoms with Gasteiger partial charge in [-0.25, -0.2) is 0 Å². The molecule has 0 heteroatoms. The van der Waals surface area contributed by atoms with Crippen molar-refractivity contribution in [3.05, 3.63) is 5.92 Å². The highest BCUT2D eigenvalue weighted by molar-refractivity contribution is 4.96. The Bertz CT molecular complexity index is 331. The van der Waals surface area contributed by atoms with Crippen LogP contribution in [0.15, 0.2) is 0 Å². The Morgan fingerprint density at radius 1 is 0.696 bits per heavy atom.